The first-order chi connectivity index (χ1) is 12.5. The highest BCUT2D eigenvalue weighted by molar-refractivity contribution is 6.33. The summed E-state index contributed by atoms with van der Waals surface area (Å²) < 4.78 is 6.24. The molecule has 0 aliphatic rings. The molecule has 1 aromatic carbocycles. The molecule has 1 aromatic heterocycles. The molecule has 0 aliphatic carbocycles. The first-order valence-electron chi connectivity index (χ1n) is 8.29. The molecular formula is C18H23ClN4O3. The van der Waals surface area contributed by atoms with Gasteiger partial charge in [-0.25, -0.2) is 4.68 Å². The average molecular weight is 379 g/mol. The quantitative estimate of drug-likeness (QED) is 0.670. The first kappa shape index (κ1) is 19.9. The van der Waals surface area contributed by atoms with Gasteiger partial charge in [-0.05, 0) is 12.0 Å². The molecule has 2 aromatic rings. The zero-order valence-electron chi connectivity index (χ0n) is 14.9. The summed E-state index contributed by atoms with van der Waals surface area (Å²) in [6.07, 6.45) is 2.24. The third-order valence-electron chi connectivity index (χ3n) is 3.78. The number of nitrogens with zero attached hydrogens (tertiary/aromatic N) is 3. The Morgan fingerprint density at radius 1 is 1.35 bits per heavy atom. The van der Waals surface area contributed by atoms with Crippen LogP contribution in [0.2, 0.25) is 5.02 Å². The zero-order valence-corrected chi connectivity index (χ0v) is 15.7. The van der Waals surface area contributed by atoms with Gasteiger partial charge in [0.2, 0.25) is 5.91 Å². The maximum absolute atomic E-state index is 12.5. The van der Waals surface area contributed by atoms with Crippen molar-refractivity contribution in [2.45, 2.75) is 13.0 Å². The lowest BCUT2D eigenvalue weighted by Gasteiger charge is -2.20. The predicted octanol–water partition coefficient (Wildman–Crippen LogP) is 1.53. The third kappa shape index (κ3) is 5.57. The van der Waals surface area contributed by atoms with E-state index in [2.05, 4.69) is 10.4 Å². The van der Waals surface area contributed by atoms with Crippen LogP contribution in [-0.4, -0.2) is 49.5 Å². The zero-order chi connectivity index (χ0) is 18.9. The molecule has 0 atom stereocenters. The Morgan fingerprint density at radius 2 is 2.08 bits per heavy atom. The van der Waals surface area contributed by atoms with Gasteiger partial charge in [0.1, 0.15) is 5.02 Å². The lowest BCUT2D eigenvalue weighted by Crippen LogP contribution is -2.37. The topological polar surface area (TPSA) is 76.5 Å². The number of halogens is 1. The summed E-state index contributed by atoms with van der Waals surface area (Å²) in [5, 5.41) is 7.01. The molecule has 0 radical (unpaired) electrons. The van der Waals surface area contributed by atoms with Crippen LogP contribution < -0.4 is 15.8 Å². The number of ether oxygens (including phenoxy) is 1. The van der Waals surface area contributed by atoms with E-state index in [1.807, 2.05) is 30.3 Å². The molecule has 0 saturated heterocycles. The molecule has 2 rings (SSSR count). The molecule has 140 valence electrons. The van der Waals surface area contributed by atoms with E-state index in [4.69, 9.17) is 16.3 Å². The van der Waals surface area contributed by atoms with Crippen LogP contribution in [-0.2, 0) is 16.1 Å². The van der Waals surface area contributed by atoms with E-state index < -0.39 is 0 Å². The second-order valence-electron chi connectivity index (χ2n) is 5.84. The van der Waals surface area contributed by atoms with Gasteiger partial charge in [-0.3, -0.25) is 9.59 Å². The summed E-state index contributed by atoms with van der Waals surface area (Å²) in [4.78, 5) is 26.0. The van der Waals surface area contributed by atoms with Crippen molar-refractivity contribution in [2.75, 3.05) is 38.8 Å². The van der Waals surface area contributed by atoms with Gasteiger partial charge in [-0.1, -0.05) is 41.9 Å². The van der Waals surface area contributed by atoms with Crippen molar-refractivity contribution in [3.05, 3.63) is 57.5 Å². The number of carbonyl (C=O) groups is 1. The summed E-state index contributed by atoms with van der Waals surface area (Å²) in [6.45, 7) is 1.54. The van der Waals surface area contributed by atoms with Crippen LogP contribution in [0, 0.1) is 0 Å². The van der Waals surface area contributed by atoms with Crippen LogP contribution in [0.3, 0.4) is 0 Å². The van der Waals surface area contributed by atoms with Crippen LogP contribution in [0.1, 0.15) is 12.0 Å². The Hall–Kier alpha value is -2.38. The standard InChI is InChI=1S/C18H23ClN4O3/c1-22(13-16(24)20-9-6-10-26-2)15-11-21-23(18(25)17(15)19)12-14-7-4-3-5-8-14/h3-5,7-8,11H,6,9-10,12-13H2,1-2H3,(H,20,24). The van der Waals surface area contributed by atoms with Gasteiger partial charge in [-0.2, -0.15) is 5.10 Å². The Kier molecular flexibility index (Phi) is 7.62. The van der Waals surface area contributed by atoms with E-state index in [1.54, 1.807) is 19.1 Å². The molecule has 0 aliphatic heterocycles. The van der Waals surface area contributed by atoms with Crippen LogP contribution >= 0.6 is 11.6 Å². The van der Waals surface area contributed by atoms with E-state index in [0.29, 0.717) is 25.4 Å². The number of hydrogen-bond donors (Lipinski definition) is 1. The predicted molar refractivity (Wildman–Crippen MR) is 102 cm³/mol. The molecule has 1 heterocycles. The van der Waals surface area contributed by atoms with E-state index in [-0.39, 0.29) is 23.0 Å². The molecule has 0 unspecified atom stereocenters. The fourth-order valence-electron chi connectivity index (χ4n) is 2.39. The SMILES string of the molecule is COCCCNC(=O)CN(C)c1cnn(Cc2ccccc2)c(=O)c1Cl. The molecule has 0 saturated carbocycles. The van der Waals surface area contributed by atoms with Crippen LogP contribution in [0.15, 0.2) is 41.3 Å². The van der Waals surface area contributed by atoms with Crippen molar-refractivity contribution in [1.29, 1.82) is 0 Å². The van der Waals surface area contributed by atoms with Gasteiger partial charge in [-0.15, -0.1) is 0 Å². The van der Waals surface area contributed by atoms with Gasteiger partial charge in [0, 0.05) is 27.3 Å². The summed E-state index contributed by atoms with van der Waals surface area (Å²) in [5.74, 6) is -0.159. The number of hydrogen-bond acceptors (Lipinski definition) is 5. The number of amides is 1. The van der Waals surface area contributed by atoms with Gasteiger partial charge < -0.3 is 15.0 Å². The summed E-state index contributed by atoms with van der Waals surface area (Å²) in [7, 11) is 3.31. The minimum Gasteiger partial charge on any atom is -0.385 e. The second kappa shape index (κ2) is 9.94. The van der Waals surface area contributed by atoms with E-state index in [0.717, 1.165) is 12.0 Å². The summed E-state index contributed by atoms with van der Waals surface area (Å²) >= 11 is 6.23. The number of likely N-dealkylation sites (N-methyl/N-ethyl adjacent to an activating group) is 1. The minimum atomic E-state index is -0.389. The Bertz CT molecular complexity index is 780. The largest absolute Gasteiger partial charge is 0.385 e. The Labute approximate surface area is 157 Å². The lowest BCUT2D eigenvalue weighted by molar-refractivity contribution is -0.119. The second-order valence-corrected chi connectivity index (χ2v) is 6.22. The molecule has 8 heteroatoms. The van der Waals surface area contributed by atoms with E-state index in [1.165, 1.54) is 10.9 Å². The van der Waals surface area contributed by atoms with Crippen molar-refractivity contribution < 1.29 is 9.53 Å². The molecule has 1 N–H and O–H groups in total. The van der Waals surface area contributed by atoms with Crippen LogP contribution in [0.4, 0.5) is 5.69 Å². The minimum absolute atomic E-state index is 0.0469. The van der Waals surface area contributed by atoms with E-state index in [9.17, 15) is 9.59 Å². The Balaban J connectivity index is 2.02. The molecule has 0 bridgehead atoms. The Morgan fingerprint density at radius 3 is 2.77 bits per heavy atom. The van der Waals surface area contributed by atoms with Crippen LogP contribution in [0.25, 0.3) is 0 Å². The lowest BCUT2D eigenvalue weighted by atomic mass is 10.2. The fourth-order valence-corrected chi connectivity index (χ4v) is 2.68. The van der Waals surface area contributed by atoms with Crippen molar-refractivity contribution >= 4 is 23.2 Å². The van der Waals surface area contributed by atoms with Crippen molar-refractivity contribution in [2.24, 2.45) is 0 Å². The highest BCUT2D eigenvalue weighted by atomic mass is 35.5. The number of methoxy groups -OCH3 is 1. The molecule has 26 heavy (non-hydrogen) atoms. The number of carbonyl (C=O) groups excluding carboxylic acids is 1. The summed E-state index contributed by atoms with van der Waals surface area (Å²) in [5.41, 5.74) is 0.989. The van der Waals surface area contributed by atoms with Gasteiger partial charge in [0.15, 0.2) is 0 Å². The first-order valence-corrected chi connectivity index (χ1v) is 8.67. The summed E-state index contributed by atoms with van der Waals surface area (Å²) in [6, 6.07) is 9.53. The molecule has 1 amide bonds. The molecule has 0 spiro atoms. The van der Waals surface area contributed by atoms with Gasteiger partial charge in [0.05, 0.1) is 25.0 Å². The average Bonchev–Trinajstić information content (AvgIpc) is 2.63. The number of benzene rings is 1. The smallest absolute Gasteiger partial charge is 0.287 e. The highest BCUT2D eigenvalue weighted by Gasteiger charge is 2.15. The van der Waals surface area contributed by atoms with Gasteiger partial charge in [0.25, 0.3) is 5.56 Å². The van der Waals surface area contributed by atoms with E-state index >= 15 is 0 Å². The fraction of sp³-hybridized carbons (Fsp3) is 0.389. The van der Waals surface area contributed by atoms with Crippen LogP contribution in [0.5, 0.6) is 0 Å². The van der Waals surface area contributed by atoms with Gasteiger partial charge >= 0.3 is 0 Å². The normalized spacial score (nSPS) is 10.6. The third-order valence-corrected chi connectivity index (χ3v) is 4.14. The number of anilines is 1. The maximum Gasteiger partial charge on any atom is 0.287 e. The molecule has 0 fully saturated rings. The van der Waals surface area contributed by atoms with Crippen molar-refractivity contribution in [3.63, 3.8) is 0 Å². The molecular weight excluding hydrogens is 356 g/mol. The number of aromatic nitrogens is 2. The number of nitrogens with one attached hydrogen (secondary N) is 1. The monoisotopic (exact) mass is 378 g/mol. The maximum atomic E-state index is 12.5. The number of rotatable bonds is 9. The van der Waals surface area contributed by atoms with Crippen molar-refractivity contribution in [3.8, 4) is 0 Å². The highest BCUT2D eigenvalue weighted by Crippen LogP contribution is 2.19. The molecule has 7 nitrogen and oxygen atoms in total. The van der Waals surface area contributed by atoms with Crippen molar-refractivity contribution in [1.82, 2.24) is 15.1 Å².